The van der Waals surface area contributed by atoms with E-state index in [-0.39, 0.29) is 5.92 Å². The molecule has 1 rings (SSSR count). The average molecular weight is 446 g/mol. The highest BCUT2D eigenvalue weighted by atomic mass is 16.4. The lowest BCUT2D eigenvalue weighted by molar-refractivity contribution is -0.148. The molecule has 3 N–H and O–H groups in total. The van der Waals surface area contributed by atoms with Gasteiger partial charge in [-0.05, 0) is 89.3 Å². The minimum atomic E-state index is -0.882. The molecule has 4 atom stereocenters. The van der Waals surface area contributed by atoms with Crippen molar-refractivity contribution in [3.05, 3.63) is 48.0 Å². The number of benzene rings is 1. The van der Waals surface area contributed by atoms with Crippen molar-refractivity contribution in [1.82, 2.24) is 5.32 Å². The van der Waals surface area contributed by atoms with E-state index in [1.807, 2.05) is 25.2 Å². The molecule has 4 nitrogen and oxygen atoms in total. The molecular weight excluding hydrogens is 398 g/mol. The van der Waals surface area contributed by atoms with Gasteiger partial charge in [0.05, 0.1) is 12.0 Å². The number of hydrogen-bond acceptors (Lipinski definition) is 3. The average Bonchev–Trinajstić information content (AvgIpc) is 2.76. The molecule has 0 spiro atoms. The number of hydrogen-bond donors (Lipinski definition) is 3. The van der Waals surface area contributed by atoms with Gasteiger partial charge in [0.2, 0.25) is 0 Å². The molecule has 0 aromatic heterocycles. The number of allylic oxidation sites excluding steroid dienone is 2. The molecule has 182 valence electrons. The number of carboxylic acids is 1. The number of carbonyl (C=O) groups is 1. The maximum Gasteiger partial charge on any atom is 0.309 e. The molecule has 0 aliphatic heterocycles. The third-order valence-electron chi connectivity index (χ3n) is 6.46. The van der Waals surface area contributed by atoms with Crippen molar-refractivity contribution in [2.24, 2.45) is 17.8 Å². The van der Waals surface area contributed by atoms with Gasteiger partial charge in [0.1, 0.15) is 0 Å². The molecule has 0 saturated carbocycles. The van der Waals surface area contributed by atoms with Crippen LogP contribution in [0.1, 0.15) is 83.6 Å². The fraction of sp³-hybridized carbons (Fsp3) is 0.679. The van der Waals surface area contributed by atoms with Crippen molar-refractivity contribution in [3.63, 3.8) is 0 Å². The van der Waals surface area contributed by atoms with Gasteiger partial charge in [-0.25, -0.2) is 0 Å². The Morgan fingerprint density at radius 2 is 1.72 bits per heavy atom. The summed E-state index contributed by atoms with van der Waals surface area (Å²) in [7, 11) is 1.96. The monoisotopic (exact) mass is 445 g/mol. The van der Waals surface area contributed by atoms with E-state index >= 15 is 0 Å². The Labute approximate surface area is 196 Å². The summed E-state index contributed by atoms with van der Waals surface area (Å²) in [6.07, 6.45) is 15.9. The molecule has 0 amide bonds. The molecule has 0 bridgehead atoms. The van der Waals surface area contributed by atoms with Crippen molar-refractivity contribution in [1.29, 1.82) is 0 Å². The molecule has 0 saturated heterocycles. The van der Waals surface area contributed by atoms with E-state index in [9.17, 15) is 15.0 Å². The Balaban J connectivity index is 2.64. The topological polar surface area (TPSA) is 69.6 Å². The normalized spacial score (nSPS) is 15.5. The quantitative estimate of drug-likeness (QED) is 0.174. The van der Waals surface area contributed by atoms with Crippen LogP contribution >= 0.6 is 0 Å². The van der Waals surface area contributed by atoms with Crippen molar-refractivity contribution in [2.45, 2.75) is 90.6 Å². The van der Waals surface area contributed by atoms with Crippen LogP contribution in [0, 0.1) is 17.8 Å². The minimum absolute atomic E-state index is 0.0415. The maximum atomic E-state index is 12.0. The van der Waals surface area contributed by atoms with Crippen LogP contribution in [0.25, 0.3) is 0 Å². The fourth-order valence-electron chi connectivity index (χ4n) is 4.71. The van der Waals surface area contributed by atoms with Gasteiger partial charge >= 0.3 is 5.97 Å². The zero-order valence-electron chi connectivity index (χ0n) is 20.6. The fourth-order valence-corrected chi connectivity index (χ4v) is 4.71. The number of unbranched alkanes of at least 4 members (excludes halogenated alkanes) is 5. The summed E-state index contributed by atoms with van der Waals surface area (Å²) in [5.41, 5.74) is 1.22. The Hall–Kier alpha value is -1.65. The lowest BCUT2D eigenvalue weighted by Crippen LogP contribution is -2.35. The number of aliphatic carboxylic acids is 1. The van der Waals surface area contributed by atoms with Crippen molar-refractivity contribution < 1.29 is 15.0 Å². The second kappa shape index (κ2) is 17.9. The van der Waals surface area contributed by atoms with Gasteiger partial charge in [-0.15, -0.1) is 0 Å². The third kappa shape index (κ3) is 12.4. The first-order valence-corrected chi connectivity index (χ1v) is 12.7. The van der Waals surface area contributed by atoms with E-state index in [1.165, 1.54) is 37.7 Å². The van der Waals surface area contributed by atoms with Crippen LogP contribution in [0.15, 0.2) is 42.5 Å². The van der Waals surface area contributed by atoms with Crippen LogP contribution in [-0.2, 0) is 11.2 Å². The molecule has 4 unspecified atom stereocenters. The molecule has 4 heteroatoms. The SMILES string of the molecule is CCCCCCC=CCCCC(CNC)CC(CCc1ccccc1)C(C(=O)O)C(C)O. The molecule has 32 heavy (non-hydrogen) atoms. The highest BCUT2D eigenvalue weighted by Crippen LogP contribution is 2.30. The predicted molar refractivity (Wildman–Crippen MR) is 135 cm³/mol. The first-order chi connectivity index (χ1) is 15.5. The van der Waals surface area contributed by atoms with E-state index in [4.69, 9.17) is 0 Å². The molecule has 1 aromatic rings. The van der Waals surface area contributed by atoms with Gasteiger partial charge in [0.15, 0.2) is 0 Å². The number of aliphatic hydroxyl groups excluding tert-OH is 1. The highest BCUT2D eigenvalue weighted by Gasteiger charge is 2.33. The van der Waals surface area contributed by atoms with E-state index in [2.05, 4.69) is 36.5 Å². The Bertz CT molecular complexity index is 614. The van der Waals surface area contributed by atoms with Gasteiger partial charge in [0.25, 0.3) is 0 Å². The van der Waals surface area contributed by atoms with Gasteiger partial charge in [-0.2, -0.15) is 0 Å². The molecule has 0 heterocycles. The lowest BCUT2D eigenvalue weighted by atomic mass is 9.77. The van der Waals surface area contributed by atoms with E-state index in [0.29, 0.717) is 5.92 Å². The molecule has 0 aliphatic rings. The third-order valence-corrected chi connectivity index (χ3v) is 6.46. The van der Waals surface area contributed by atoms with Crippen LogP contribution in [0.4, 0.5) is 0 Å². The van der Waals surface area contributed by atoms with Crippen LogP contribution in [-0.4, -0.2) is 35.9 Å². The Morgan fingerprint density at radius 1 is 1.03 bits per heavy atom. The van der Waals surface area contributed by atoms with Crippen LogP contribution in [0.2, 0.25) is 0 Å². The summed E-state index contributed by atoms with van der Waals surface area (Å²) in [5, 5.41) is 23.4. The number of aryl methyl sites for hydroxylation is 1. The van der Waals surface area contributed by atoms with Gasteiger partial charge < -0.3 is 15.5 Å². The van der Waals surface area contributed by atoms with E-state index in [1.54, 1.807) is 6.92 Å². The van der Waals surface area contributed by atoms with Gasteiger partial charge in [0, 0.05) is 0 Å². The zero-order chi connectivity index (χ0) is 23.6. The van der Waals surface area contributed by atoms with Crippen LogP contribution < -0.4 is 5.32 Å². The summed E-state index contributed by atoms with van der Waals surface area (Å²) >= 11 is 0. The summed E-state index contributed by atoms with van der Waals surface area (Å²) < 4.78 is 0. The zero-order valence-corrected chi connectivity index (χ0v) is 20.6. The Morgan fingerprint density at radius 3 is 2.31 bits per heavy atom. The van der Waals surface area contributed by atoms with Crippen molar-refractivity contribution in [2.75, 3.05) is 13.6 Å². The number of nitrogens with one attached hydrogen (secondary N) is 1. The Kier molecular flexibility index (Phi) is 15.8. The molecule has 1 aromatic carbocycles. The van der Waals surface area contributed by atoms with Gasteiger partial charge in [-0.3, -0.25) is 4.79 Å². The van der Waals surface area contributed by atoms with Crippen LogP contribution in [0.5, 0.6) is 0 Å². The minimum Gasteiger partial charge on any atom is -0.481 e. The first kappa shape index (κ1) is 28.4. The predicted octanol–water partition coefficient (Wildman–Crippen LogP) is 6.24. The van der Waals surface area contributed by atoms with Crippen molar-refractivity contribution in [3.8, 4) is 0 Å². The second-order valence-corrected chi connectivity index (χ2v) is 9.30. The summed E-state index contributed by atoms with van der Waals surface area (Å²) in [6, 6.07) is 10.2. The second-order valence-electron chi connectivity index (χ2n) is 9.30. The largest absolute Gasteiger partial charge is 0.481 e. The number of carboxylic acid groups (broad SMARTS) is 1. The summed E-state index contributed by atoms with van der Waals surface area (Å²) in [5.74, 6) is -1.23. The van der Waals surface area contributed by atoms with E-state index < -0.39 is 18.0 Å². The highest BCUT2D eigenvalue weighted by molar-refractivity contribution is 5.71. The standard InChI is InChI=1S/C28H47NO3/c1-4-5-6-7-8-9-10-11-13-18-25(22-29-3)21-26(27(23(2)30)28(31)32)20-19-24-16-14-12-15-17-24/h9-10,12,14-17,23,25-27,29-30H,4-8,11,13,18-22H2,1-3H3,(H,31,32). The van der Waals surface area contributed by atoms with E-state index in [0.717, 1.165) is 45.1 Å². The van der Waals surface area contributed by atoms with Gasteiger partial charge in [-0.1, -0.05) is 68.7 Å². The molecular formula is C28H47NO3. The molecule has 0 radical (unpaired) electrons. The number of aliphatic hydroxyl groups is 1. The smallest absolute Gasteiger partial charge is 0.309 e. The van der Waals surface area contributed by atoms with Crippen LogP contribution in [0.3, 0.4) is 0 Å². The first-order valence-electron chi connectivity index (χ1n) is 12.7. The van der Waals surface area contributed by atoms with Crippen molar-refractivity contribution >= 4 is 5.97 Å². The maximum absolute atomic E-state index is 12.0. The molecule has 0 aliphatic carbocycles. The summed E-state index contributed by atoms with van der Waals surface area (Å²) in [4.78, 5) is 12.0. The number of rotatable bonds is 19. The summed E-state index contributed by atoms with van der Waals surface area (Å²) in [6.45, 7) is 4.74. The lowest BCUT2D eigenvalue weighted by Gasteiger charge is -2.30. The molecule has 0 fully saturated rings.